The van der Waals surface area contributed by atoms with E-state index >= 15 is 0 Å². The predicted molar refractivity (Wildman–Crippen MR) is 65.0 cm³/mol. The van der Waals surface area contributed by atoms with Gasteiger partial charge in [-0.25, -0.2) is 9.97 Å². The molecule has 0 bridgehead atoms. The van der Waals surface area contributed by atoms with Crippen molar-refractivity contribution in [3.05, 3.63) is 32.4 Å². The van der Waals surface area contributed by atoms with Gasteiger partial charge in [0, 0.05) is 6.07 Å². The van der Waals surface area contributed by atoms with E-state index in [1.807, 2.05) is 0 Å². The minimum absolute atomic E-state index is 0.0131. The fraction of sp³-hybridized carbons (Fsp3) is 0. The number of hydrogen-bond donors (Lipinski definition) is 2. The lowest BCUT2D eigenvalue weighted by Crippen LogP contribution is -2.03. The number of anilines is 2. The fourth-order valence-electron chi connectivity index (χ4n) is 1.06. The van der Waals surface area contributed by atoms with Gasteiger partial charge < -0.3 is 5.32 Å². The van der Waals surface area contributed by atoms with Crippen molar-refractivity contribution in [3.63, 3.8) is 0 Å². The van der Waals surface area contributed by atoms with Gasteiger partial charge in [0.15, 0.2) is 5.56 Å². The molecule has 0 atom stereocenters. The zero-order valence-corrected chi connectivity index (χ0v) is 10.3. The van der Waals surface area contributed by atoms with Gasteiger partial charge in [-0.2, -0.15) is 5.26 Å². The maximum atomic E-state index is 11.2. The number of nitriles is 1. The first kappa shape index (κ1) is 11.9. The van der Waals surface area contributed by atoms with E-state index in [0.29, 0.717) is 10.8 Å². The van der Waals surface area contributed by atoms with Gasteiger partial charge in [0.2, 0.25) is 5.28 Å². The maximum Gasteiger partial charge on any atom is 0.278 e. The van der Waals surface area contributed by atoms with Crippen LogP contribution in [0.4, 0.5) is 10.8 Å². The van der Waals surface area contributed by atoms with Crippen LogP contribution in [-0.4, -0.2) is 14.3 Å². The molecule has 0 aliphatic carbocycles. The zero-order chi connectivity index (χ0) is 12.4. The molecule has 0 aliphatic heterocycles. The Balaban J connectivity index is 2.38. The highest BCUT2D eigenvalue weighted by atomic mass is 35.5. The van der Waals surface area contributed by atoms with Gasteiger partial charge >= 0.3 is 0 Å². The van der Waals surface area contributed by atoms with Crippen molar-refractivity contribution in [1.29, 1.82) is 5.26 Å². The monoisotopic (exact) mass is 287 g/mol. The first-order chi connectivity index (χ1) is 8.10. The third kappa shape index (κ3) is 2.55. The SMILES string of the molecule is N#Cc1c(Nc2cc(Cl)nc(Cl)n2)s[nH]c1=O. The molecule has 0 radical (unpaired) electrons. The molecular formula is C8H3Cl2N5OS. The molecule has 2 aromatic rings. The number of nitrogens with one attached hydrogen (secondary N) is 2. The summed E-state index contributed by atoms with van der Waals surface area (Å²) >= 11 is 12.3. The molecule has 0 aromatic carbocycles. The summed E-state index contributed by atoms with van der Waals surface area (Å²) in [5.41, 5.74) is -0.466. The molecule has 0 aliphatic rings. The first-order valence-electron chi connectivity index (χ1n) is 4.19. The quantitative estimate of drug-likeness (QED) is 0.652. The van der Waals surface area contributed by atoms with Gasteiger partial charge in [-0.15, -0.1) is 0 Å². The lowest BCUT2D eigenvalue weighted by Gasteiger charge is -2.02. The van der Waals surface area contributed by atoms with Gasteiger partial charge in [-0.05, 0) is 23.1 Å². The van der Waals surface area contributed by atoms with Crippen molar-refractivity contribution >= 4 is 45.6 Å². The van der Waals surface area contributed by atoms with Gasteiger partial charge in [0.25, 0.3) is 5.56 Å². The molecule has 0 saturated carbocycles. The minimum atomic E-state index is -0.453. The summed E-state index contributed by atoms with van der Waals surface area (Å²) in [6.45, 7) is 0. The Hall–Kier alpha value is -1.62. The number of aromatic nitrogens is 3. The Kier molecular flexibility index (Phi) is 3.28. The van der Waals surface area contributed by atoms with Crippen LogP contribution in [0.2, 0.25) is 10.4 Å². The van der Waals surface area contributed by atoms with E-state index < -0.39 is 5.56 Å². The highest BCUT2D eigenvalue weighted by Crippen LogP contribution is 2.22. The molecule has 2 heterocycles. The average Bonchev–Trinajstić information content (AvgIpc) is 2.57. The zero-order valence-electron chi connectivity index (χ0n) is 7.99. The molecular weight excluding hydrogens is 285 g/mol. The molecule has 0 amide bonds. The molecule has 2 N–H and O–H groups in total. The van der Waals surface area contributed by atoms with E-state index in [1.165, 1.54) is 6.07 Å². The van der Waals surface area contributed by atoms with Crippen molar-refractivity contribution in [2.45, 2.75) is 0 Å². The van der Waals surface area contributed by atoms with Crippen molar-refractivity contribution in [2.24, 2.45) is 0 Å². The Labute approximate surface area is 109 Å². The van der Waals surface area contributed by atoms with Crippen LogP contribution < -0.4 is 10.9 Å². The molecule has 17 heavy (non-hydrogen) atoms. The molecule has 0 saturated heterocycles. The van der Waals surface area contributed by atoms with E-state index in [9.17, 15) is 4.79 Å². The second kappa shape index (κ2) is 4.71. The summed E-state index contributed by atoms with van der Waals surface area (Å²) in [5.74, 6) is 0.307. The van der Waals surface area contributed by atoms with Crippen LogP contribution in [0, 0.1) is 11.3 Å². The molecule has 2 rings (SSSR count). The number of rotatable bonds is 2. The van der Waals surface area contributed by atoms with Crippen LogP contribution >= 0.6 is 34.7 Å². The van der Waals surface area contributed by atoms with Crippen molar-refractivity contribution in [3.8, 4) is 6.07 Å². The largest absolute Gasteiger partial charge is 0.329 e. The Morgan fingerprint density at radius 2 is 2.24 bits per heavy atom. The van der Waals surface area contributed by atoms with Crippen LogP contribution in [0.1, 0.15) is 5.56 Å². The summed E-state index contributed by atoms with van der Waals surface area (Å²) < 4.78 is 2.43. The molecule has 2 aromatic heterocycles. The second-order valence-electron chi connectivity index (χ2n) is 2.82. The summed E-state index contributed by atoms with van der Waals surface area (Å²) in [6.07, 6.45) is 0. The van der Waals surface area contributed by atoms with Crippen LogP contribution in [-0.2, 0) is 0 Å². The third-order valence-electron chi connectivity index (χ3n) is 1.72. The molecule has 86 valence electrons. The Morgan fingerprint density at radius 3 is 2.88 bits per heavy atom. The minimum Gasteiger partial charge on any atom is -0.329 e. The average molecular weight is 288 g/mol. The van der Waals surface area contributed by atoms with Gasteiger partial charge in [-0.1, -0.05) is 11.6 Å². The highest BCUT2D eigenvalue weighted by Gasteiger charge is 2.11. The standard InChI is InChI=1S/C8H3Cl2N5OS/c9-4-1-5(14-8(10)12-4)13-7-3(2-11)6(16)15-17-7/h1H,(H,15,16)(H,12,13,14). The van der Waals surface area contributed by atoms with Crippen molar-refractivity contribution in [2.75, 3.05) is 5.32 Å². The maximum absolute atomic E-state index is 11.2. The highest BCUT2D eigenvalue weighted by molar-refractivity contribution is 7.10. The predicted octanol–water partition coefficient (Wildman–Crippen LogP) is 2.15. The Bertz CT molecular complexity index is 638. The molecule has 0 unspecified atom stereocenters. The second-order valence-corrected chi connectivity index (χ2v) is 4.36. The van der Waals surface area contributed by atoms with E-state index in [2.05, 4.69) is 19.7 Å². The van der Waals surface area contributed by atoms with E-state index in [-0.39, 0.29) is 16.0 Å². The van der Waals surface area contributed by atoms with Crippen LogP contribution in [0.3, 0.4) is 0 Å². The molecule has 6 nitrogen and oxygen atoms in total. The van der Waals surface area contributed by atoms with Crippen LogP contribution in [0.15, 0.2) is 10.9 Å². The Morgan fingerprint density at radius 1 is 1.47 bits per heavy atom. The number of aromatic amines is 1. The molecule has 9 heteroatoms. The van der Waals surface area contributed by atoms with Crippen molar-refractivity contribution < 1.29 is 0 Å². The summed E-state index contributed by atoms with van der Waals surface area (Å²) in [6, 6.07) is 3.22. The van der Waals surface area contributed by atoms with E-state index in [1.54, 1.807) is 6.07 Å². The number of hydrogen-bond acceptors (Lipinski definition) is 6. The summed E-state index contributed by atoms with van der Waals surface area (Å²) in [7, 11) is 0. The van der Waals surface area contributed by atoms with Crippen molar-refractivity contribution in [1.82, 2.24) is 14.3 Å². The fourth-order valence-corrected chi connectivity index (χ4v) is 2.16. The number of nitrogens with zero attached hydrogens (tertiary/aromatic N) is 3. The topological polar surface area (TPSA) is 94.5 Å². The summed E-state index contributed by atoms with van der Waals surface area (Å²) in [5, 5.41) is 12.0. The molecule has 0 fully saturated rings. The first-order valence-corrected chi connectivity index (χ1v) is 5.76. The van der Waals surface area contributed by atoms with Crippen LogP contribution in [0.25, 0.3) is 0 Å². The lowest BCUT2D eigenvalue weighted by molar-refractivity contribution is 1.17. The number of halogens is 2. The van der Waals surface area contributed by atoms with Crippen LogP contribution in [0.5, 0.6) is 0 Å². The molecule has 0 spiro atoms. The van der Waals surface area contributed by atoms with Gasteiger partial charge in [0.05, 0.1) is 0 Å². The van der Waals surface area contributed by atoms with Gasteiger partial charge in [0.1, 0.15) is 22.0 Å². The third-order valence-corrected chi connectivity index (χ3v) is 2.88. The summed E-state index contributed by atoms with van der Waals surface area (Å²) in [4.78, 5) is 18.7. The normalized spacial score (nSPS) is 9.94. The van der Waals surface area contributed by atoms with E-state index in [4.69, 9.17) is 28.5 Å². The lowest BCUT2D eigenvalue weighted by atomic mass is 10.4. The van der Waals surface area contributed by atoms with E-state index in [0.717, 1.165) is 11.5 Å². The van der Waals surface area contributed by atoms with Gasteiger partial charge in [-0.3, -0.25) is 9.17 Å². The number of H-pyrrole nitrogens is 1. The smallest absolute Gasteiger partial charge is 0.278 e.